The first-order valence-corrected chi connectivity index (χ1v) is 10.4. The van der Waals surface area contributed by atoms with Crippen molar-refractivity contribution in [2.75, 3.05) is 19.8 Å². The Morgan fingerprint density at radius 1 is 0.935 bits per heavy atom. The van der Waals surface area contributed by atoms with E-state index in [4.69, 9.17) is 14.2 Å². The van der Waals surface area contributed by atoms with Crippen LogP contribution in [0.2, 0.25) is 0 Å². The van der Waals surface area contributed by atoms with E-state index < -0.39 is 12.1 Å². The molecule has 1 N–H and O–H groups in total. The van der Waals surface area contributed by atoms with Crippen molar-refractivity contribution in [1.29, 1.82) is 0 Å². The van der Waals surface area contributed by atoms with Gasteiger partial charge in [-0.15, -0.1) is 0 Å². The lowest BCUT2D eigenvalue weighted by atomic mass is 10.2. The summed E-state index contributed by atoms with van der Waals surface area (Å²) in [5.41, 5.74) is 1.37. The zero-order valence-electron chi connectivity index (χ0n) is 18.0. The minimum atomic E-state index is -0.925. The molecule has 0 amide bonds. The average molecular weight is 428 g/mol. The van der Waals surface area contributed by atoms with Crippen LogP contribution in [-0.2, 0) is 17.8 Å². The number of aliphatic hydroxyl groups excluding tert-OH is 1. The molecule has 1 aromatic heterocycles. The van der Waals surface area contributed by atoms with Crippen molar-refractivity contribution in [3.8, 4) is 11.5 Å². The number of hydrogen-bond acceptors (Lipinski definition) is 6. The number of ether oxygens (including phenoxy) is 3. The Morgan fingerprint density at radius 3 is 2.23 bits per heavy atom. The number of esters is 1. The maximum atomic E-state index is 12.9. The summed E-state index contributed by atoms with van der Waals surface area (Å²) in [6.45, 7) is 6.88. The topological polar surface area (TPSA) is 91.9 Å². The average Bonchev–Trinajstić information content (AvgIpc) is 3.03. The van der Waals surface area contributed by atoms with Gasteiger partial charge in [0.05, 0.1) is 36.4 Å². The lowest BCUT2D eigenvalue weighted by molar-refractivity contribution is 0.0526. The molecule has 0 saturated heterocycles. The zero-order valence-corrected chi connectivity index (χ0v) is 18.0. The molecule has 0 spiro atoms. The smallest absolute Gasteiger partial charge is 0.338 e. The van der Waals surface area contributed by atoms with Crippen molar-refractivity contribution in [2.45, 2.75) is 40.0 Å². The molecule has 0 aliphatic rings. The van der Waals surface area contributed by atoms with Crippen LogP contribution in [0.4, 0.5) is 0 Å². The molecule has 2 aromatic carbocycles. The summed E-state index contributed by atoms with van der Waals surface area (Å²) in [5, 5.41) is 10.5. The zero-order chi connectivity index (χ0) is 22.4. The minimum Gasteiger partial charge on any atom is -0.494 e. The van der Waals surface area contributed by atoms with Gasteiger partial charge in [-0.25, -0.2) is 9.59 Å². The summed E-state index contributed by atoms with van der Waals surface area (Å²) in [6.07, 6.45) is -0.925. The number of hydrogen-bond donors (Lipinski definition) is 1. The molecule has 0 fully saturated rings. The van der Waals surface area contributed by atoms with E-state index in [0.717, 1.165) is 5.75 Å². The SMILES string of the molecule is CCOC(=O)c1ccc2c(c1)n(CC(O)COc1ccc(OCC)cc1)c(=O)n2CC. The summed E-state index contributed by atoms with van der Waals surface area (Å²) in [7, 11) is 0. The number of rotatable bonds is 10. The predicted molar refractivity (Wildman–Crippen MR) is 117 cm³/mol. The third-order valence-electron chi connectivity index (χ3n) is 4.82. The lowest BCUT2D eigenvalue weighted by Crippen LogP contribution is -2.31. The standard InChI is InChI=1S/C23H28N2O6/c1-4-24-20-12-7-16(22(27)30-6-3)13-21(20)25(23(24)28)14-17(26)15-31-19-10-8-18(9-11-19)29-5-2/h7-13,17,26H,4-6,14-15H2,1-3H3. The maximum absolute atomic E-state index is 12.9. The minimum absolute atomic E-state index is 0.0107. The third kappa shape index (κ3) is 5.08. The number of fused-ring (bicyclic) bond motifs is 1. The number of imidazole rings is 1. The fourth-order valence-electron chi connectivity index (χ4n) is 3.40. The van der Waals surface area contributed by atoms with E-state index in [0.29, 0.717) is 35.5 Å². The van der Waals surface area contributed by atoms with Gasteiger partial charge in [0.2, 0.25) is 0 Å². The van der Waals surface area contributed by atoms with Gasteiger partial charge < -0.3 is 19.3 Å². The first-order valence-electron chi connectivity index (χ1n) is 10.4. The number of benzene rings is 2. The van der Waals surface area contributed by atoms with Gasteiger partial charge in [-0.2, -0.15) is 0 Å². The maximum Gasteiger partial charge on any atom is 0.338 e. The number of aryl methyl sites for hydroxylation is 1. The van der Waals surface area contributed by atoms with Gasteiger partial charge in [-0.05, 0) is 63.2 Å². The Morgan fingerprint density at radius 2 is 1.61 bits per heavy atom. The Balaban J connectivity index is 1.78. The van der Waals surface area contributed by atoms with Crippen molar-refractivity contribution >= 4 is 17.0 Å². The third-order valence-corrected chi connectivity index (χ3v) is 4.82. The first-order chi connectivity index (χ1) is 15.0. The van der Waals surface area contributed by atoms with Crippen LogP contribution in [0, 0.1) is 0 Å². The Kier molecular flexibility index (Phi) is 7.36. The molecular weight excluding hydrogens is 400 g/mol. The van der Waals surface area contributed by atoms with Crippen LogP contribution in [-0.4, -0.2) is 46.1 Å². The van der Waals surface area contributed by atoms with Crippen molar-refractivity contribution in [3.05, 3.63) is 58.5 Å². The van der Waals surface area contributed by atoms with Crippen LogP contribution >= 0.6 is 0 Å². The highest BCUT2D eigenvalue weighted by molar-refractivity contribution is 5.93. The van der Waals surface area contributed by atoms with Crippen molar-refractivity contribution in [1.82, 2.24) is 9.13 Å². The van der Waals surface area contributed by atoms with Crippen LogP contribution in [0.15, 0.2) is 47.3 Å². The molecule has 0 saturated carbocycles. The number of aliphatic hydroxyl groups is 1. The molecule has 1 unspecified atom stereocenters. The van der Waals surface area contributed by atoms with Gasteiger partial charge >= 0.3 is 11.7 Å². The summed E-state index contributed by atoms with van der Waals surface area (Å²) in [6, 6.07) is 12.1. The molecule has 3 rings (SSSR count). The van der Waals surface area contributed by atoms with Gasteiger partial charge in [0.25, 0.3) is 0 Å². The van der Waals surface area contributed by atoms with E-state index in [-0.39, 0.29) is 25.4 Å². The number of aromatic nitrogens is 2. The number of nitrogens with zero attached hydrogens (tertiary/aromatic N) is 2. The van der Waals surface area contributed by atoms with Gasteiger partial charge in [0.1, 0.15) is 24.2 Å². The van der Waals surface area contributed by atoms with Gasteiger partial charge in [-0.1, -0.05) is 0 Å². The molecule has 31 heavy (non-hydrogen) atoms. The first kappa shape index (κ1) is 22.4. The Bertz CT molecular complexity index is 1080. The molecule has 0 radical (unpaired) electrons. The summed E-state index contributed by atoms with van der Waals surface area (Å²) >= 11 is 0. The van der Waals surface area contributed by atoms with Crippen LogP contribution < -0.4 is 15.2 Å². The van der Waals surface area contributed by atoms with Gasteiger partial charge in [0, 0.05) is 6.54 Å². The van der Waals surface area contributed by atoms with E-state index >= 15 is 0 Å². The second kappa shape index (κ2) is 10.2. The highest BCUT2D eigenvalue weighted by Crippen LogP contribution is 2.19. The van der Waals surface area contributed by atoms with Crippen LogP contribution in [0.25, 0.3) is 11.0 Å². The Labute approximate surface area is 180 Å². The molecule has 3 aromatic rings. The molecule has 8 heteroatoms. The molecule has 8 nitrogen and oxygen atoms in total. The molecular formula is C23H28N2O6. The van der Waals surface area contributed by atoms with E-state index in [1.807, 2.05) is 13.8 Å². The van der Waals surface area contributed by atoms with E-state index in [2.05, 4.69) is 0 Å². The number of carbonyl (C=O) groups is 1. The normalized spacial score (nSPS) is 12.0. The quantitative estimate of drug-likeness (QED) is 0.499. The fraction of sp³-hybridized carbons (Fsp3) is 0.391. The summed E-state index contributed by atoms with van der Waals surface area (Å²) in [4.78, 5) is 25.0. The lowest BCUT2D eigenvalue weighted by Gasteiger charge is -2.14. The van der Waals surface area contributed by atoms with Crippen molar-refractivity contribution in [2.24, 2.45) is 0 Å². The van der Waals surface area contributed by atoms with Crippen LogP contribution in [0.3, 0.4) is 0 Å². The molecule has 1 atom stereocenters. The van der Waals surface area contributed by atoms with Gasteiger partial charge in [0.15, 0.2) is 0 Å². The summed E-state index contributed by atoms with van der Waals surface area (Å²) in [5.74, 6) is 0.884. The highest BCUT2D eigenvalue weighted by Gasteiger charge is 2.18. The number of carbonyl (C=O) groups excluding carboxylic acids is 1. The largest absolute Gasteiger partial charge is 0.494 e. The monoisotopic (exact) mass is 428 g/mol. The summed E-state index contributed by atoms with van der Waals surface area (Å²) < 4.78 is 19.2. The van der Waals surface area contributed by atoms with Crippen LogP contribution in [0.1, 0.15) is 31.1 Å². The van der Waals surface area contributed by atoms with Gasteiger partial charge in [-0.3, -0.25) is 9.13 Å². The van der Waals surface area contributed by atoms with E-state index in [1.54, 1.807) is 54.0 Å². The molecule has 0 aliphatic carbocycles. The van der Waals surface area contributed by atoms with E-state index in [9.17, 15) is 14.7 Å². The molecule has 0 bridgehead atoms. The predicted octanol–water partition coefficient (Wildman–Crippen LogP) is 2.84. The second-order valence-electron chi connectivity index (χ2n) is 6.93. The van der Waals surface area contributed by atoms with Crippen LogP contribution in [0.5, 0.6) is 11.5 Å². The molecule has 166 valence electrons. The Hall–Kier alpha value is -3.26. The highest BCUT2D eigenvalue weighted by atomic mass is 16.5. The molecule has 0 aliphatic heterocycles. The fourth-order valence-corrected chi connectivity index (χ4v) is 3.40. The van der Waals surface area contributed by atoms with E-state index in [1.165, 1.54) is 4.57 Å². The molecule has 1 heterocycles. The van der Waals surface area contributed by atoms with Crippen molar-refractivity contribution < 1.29 is 24.1 Å². The second-order valence-corrected chi connectivity index (χ2v) is 6.93. The van der Waals surface area contributed by atoms with Crippen molar-refractivity contribution in [3.63, 3.8) is 0 Å².